The van der Waals surface area contributed by atoms with E-state index in [1.807, 2.05) is 12.1 Å². The molecule has 5 rings (SSSR count). The highest BCUT2D eigenvalue weighted by Gasteiger charge is 2.61. The number of hydrogen-bond donors (Lipinski definition) is 0. The van der Waals surface area contributed by atoms with Crippen molar-refractivity contribution in [3.63, 3.8) is 0 Å². The minimum Gasteiger partial charge on any atom is -0.323 e. The second-order valence-corrected chi connectivity index (χ2v) is 7.36. The van der Waals surface area contributed by atoms with Crippen LogP contribution in [0.1, 0.15) is 18.9 Å². The summed E-state index contributed by atoms with van der Waals surface area (Å²) in [5.41, 5.74) is 1.06. The Morgan fingerprint density at radius 3 is 2.05 bits per heavy atom. The quantitative estimate of drug-likeness (QED) is 0.747. The van der Waals surface area contributed by atoms with Gasteiger partial charge in [-0.2, -0.15) is 0 Å². The van der Waals surface area contributed by atoms with Gasteiger partial charge in [0.25, 0.3) is 0 Å². The summed E-state index contributed by atoms with van der Waals surface area (Å²) in [5, 5.41) is 0. The monoisotopic (exact) mass is 372 g/mol. The number of hydrogen-bond acceptors (Lipinski definition) is 3. The van der Waals surface area contributed by atoms with Gasteiger partial charge < -0.3 is 14.2 Å². The molecule has 4 fully saturated rings. The summed E-state index contributed by atoms with van der Waals surface area (Å²) in [6.45, 7) is 4.57. The first-order valence-corrected chi connectivity index (χ1v) is 7.89. The summed E-state index contributed by atoms with van der Waals surface area (Å²) >= 11 is 2.29. The Kier molecular flexibility index (Phi) is 2.75. The van der Waals surface area contributed by atoms with E-state index in [2.05, 4.69) is 41.6 Å². The Bertz CT molecular complexity index is 474. The van der Waals surface area contributed by atoms with Crippen molar-refractivity contribution in [2.24, 2.45) is 17.3 Å². The number of rotatable bonds is 2. The van der Waals surface area contributed by atoms with E-state index in [0.29, 0.717) is 5.92 Å². The molecular weight excluding hydrogens is 355 g/mol. The molecule has 0 N–H and O–H groups in total. The van der Waals surface area contributed by atoms with Gasteiger partial charge in [0.1, 0.15) is 0 Å². The van der Waals surface area contributed by atoms with E-state index in [9.17, 15) is 0 Å². The standard InChI is InChI=1S/C15H17IO3/c1-10-6-13(10)14-7-17-15(18-8-14,19-9-14)11-2-4-12(16)5-3-11/h2-5,10,13H,6-9H2,1H3/t10-,13-,14?,15?/m1/s1. The van der Waals surface area contributed by atoms with Crippen LogP contribution in [0.2, 0.25) is 0 Å². The Morgan fingerprint density at radius 2 is 1.58 bits per heavy atom. The van der Waals surface area contributed by atoms with Crippen molar-refractivity contribution in [1.82, 2.24) is 0 Å². The van der Waals surface area contributed by atoms with E-state index in [-0.39, 0.29) is 5.41 Å². The Labute approximate surface area is 126 Å². The van der Waals surface area contributed by atoms with Crippen molar-refractivity contribution in [3.05, 3.63) is 33.4 Å². The van der Waals surface area contributed by atoms with E-state index in [4.69, 9.17) is 14.2 Å². The molecular formula is C15H17IO3. The molecule has 19 heavy (non-hydrogen) atoms. The number of halogens is 1. The normalized spacial score (nSPS) is 44.3. The lowest BCUT2D eigenvalue weighted by molar-refractivity contribution is -0.482. The fourth-order valence-corrected chi connectivity index (χ4v) is 3.73. The molecule has 1 aromatic rings. The zero-order valence-corrected chi connectivity index (χ0v) is 13.1. The van der Waals surface area contributed by atoms with Gasteiger partial charge in [-0.1, -0.05) is 6.92 Å². The van der Waals surface area contributed by atoms with Crippen LogP contribution in [-0.2, 0) is 20.2 Å². The van der Waals surface area contributed by atoms with Gasteiger partial charge in [-0.25, -0.2) is 0 Å². The third-order valence-electron chi connectivity index (χ3n) is 4.74. The molecule has 1 aliphatic carbocycles. The second-order valence-electron chi connectivity index (χ2n) is 6.11. The lowest BCUT2D eigenvalue weighted by atomic mass is 9.82. The summed E-state index contributed by atoms with van der Waals surface area (Å²) < 4.78 is 19.2. The molecule has 2 bridgehead atoms. The molecule has 4 heteroatoms. The van der Waals surface area contributed by atoms with Crippen molar-refractivity contribution in [2.75, 3.05) is 19.8 Å². The van der Waals surface area contributed by atoms with E-state index in [1.165, 1.54) is 9.99 Å². The third kappa shape index (κ3) is 1.87. The maximum atomic E-state index is 6.00. The van der Waals surface area contributed by atoms with Crippen LogP contribution in [-0.4, -0.2) is 19.8 Å². The fourth-order valence-electron chi connectivity index (χ4n) is 3.37. The van der Waals surface area contributed by atoms with E-state index < -0.39 is 5.97 Å². The van der Waals surface area contributed by atoms with Crippen LogP contribution in [0, 0.1) is 20.8 Å². The van der Waals surface area contributed by atoms with Gasteiger partial charge >= 0.3 is 5.97 Å². The first-order valence-electron chi connectivity index (χ1n) is 6.82. The van der Waals surface area contributed by atoms with Gasteiger partial charge in [0, 0.05) is 14.5 Å². The van der Waals surface area contributed by atoms with Gasteiger partial charge in [-0.05, 0) is 65.1 Å². The highest BCUT2D eigenvalue weighted by atomic mass is 127. The molecule has 4 aliphatic rings. The van der Waals surface area contributed by atoms with Crippen molar-refractivity contribution in [3.8, 4) is 0 Å². The lowest BCUT2D eigenvalue weighted by Gasteiger charge is -2.52. The first-order chi connectivity index (χ1) is 9.14. The molecule has 0 radical (unpaired) electrons. The molecule has 3 heterocycles. The number of benzene rings is 1. The minimum atomic E-state index is -0.954. The van der Waals surface area contributed by atoms with Crippen LogP contribution in [0.5, 0.6) is 0 Å². The number of ether oxygens (including phenoxy) is 3. The summed E-state index contributed by atoms with van der Waals surface area (Å²) in [6.07, 6.45) is 1.28. The van der Waals surface area contributed by atoms with Gasteiger partial charge in [0.15, 0.2) is 0 Å². The first kappa shape index (κ1) is 12.6. The molecule has 3 aliphatic heterocycles. The molecule has 102 valence electrons. The van der Waals surface area contributed by atoms with Crippen molar-refractivity contribution in [2.45, 2.75) is 19.3 Å². The SMILES string of the molecule is C[C@@H]1C[C@H]1C12COC(c3ccc(I)cc3)(OC1)OC2. The molecule has 1 aromatic carbocycles. The Hall–Kier alpha value is -0.170. The minimum absolute atomic E-state index is 0.102. The highest BCUT2D eigenvalue weighted by molar-refractivity contribution is 14.1. The van der Waals surface area contributed by atoms with Gasteiger partial charge in [0.05, 0.1) is 19.8 Å². The highest BCUT2D eigenvalue weighted by Crippen LogP contribution is 2.57. The summed E-state index contributed by atoms with van der Waals surface area (Å²) in [6, 6.07) is 8.17. The van der Waals surface area contributed by atoms with Crippen molar-refractivity contribution < 1.29 is 14.2 Å². The van der Waals surface area contributed by atoms with E-state index in [1.54, 1.807) is 0 Å². The van der Waals surface area contributed by atoms with Gasteiger partial charge in [-0.3, -0.25) is 0 Å². The molecule has 0 unspecified atom stereocenters. The lowest BCUT2D eigenvalue weighted by Crippen LogP contribution is -2.59. The van der Waals surface area contributed by atoms with Crippen molar-refractivity contribution in [1.29, 1.82) is 0 Å². The second kappa shape index (κ2) is 4.16. The van der Waals surface area contributed by atoms with Crippen LogP contribution in [0.4, 0.5) is 0 Å². The molecule has 3 saturated heterocycles. The van der Waals surface area contributed by atoms with E-state index >= 15 is 0 Å². The van der Waals surface area contributed by atoms with Crippen LogP contribution in [0.3, 0.4) is 0 Å². The third-order valence-corrected chi connectivity index (χ3v) is 5.46. The Balaban J connectivity index is 1.59. The molecule has 2 atom stereocenters. The zero-order valence-electron chi connectivity index (χ0n) is 10.9. The summed E-state index contributed by atoms with van der Waals surface area (Å²) in [7, 11) is 0. The van der Waals surface area contributed by atoms with E-state index in [0.717, 1.165) is 31.3 Å². The molecule has 0 aromatic heterocycles. The van der Waals surface area contributed by atoms with Gasteiger partial charge in [0.2, 0.25) is 0 Å². The predicted octanol–water partition coefficient (Wildman–Crippen LogP) is 3.12. The molecule has 0 spiro atoms. The summed E-state index contributed by atoms with van der Waals surface area (Å²) in [5.74, 6) is 0.548. The Morgan fingerprint density at radius 1 is 1.05 bits per heavy atom. The largest absolute Gasteiger partial charge is 0.323 e. The van der Waals surface area contributed by atoms with Crippen LogP contribution in [0.25, 0.3) is 0 Å². The maximum absolute atomic E-state index is 6.00. The zero-order chi connectivity index (χ0) is 13.1. The average Bonchev–Trinajstić information content (AvgIpc) is 3.19. The molecule has 0 amide bonds. The summed E-state index contributed by atoms with van der Waals surface area (Å²) in [4.78, 5) is 0. The van der Waals surface area contributed by atoms with Crippen LogP contribution < -0.4 is 0 Å². The van der Waals surface area contributed by atoms with Gasteiger partial charge in [-0.15, -0.1) is 0 Å². The number of fused-ring (bicyclic) bond motifs is 3. The topological polar surface area (TPSA) is 27.7 Å². The molecule has 3 nitrogen and oxygen atoms in total. The predicted molar refractivity (Wildman–Crippen MR) is 78.4 cm³/mol. The molecule has 1 saturated carbocycles. The maximum Gasteiger partial charge on any atom is 0.312 e. The smallest absolute Gasteiger partial charge is 0.312 e. The van der Waals surface area contributed by atoms with Crippen molar-refractivity contribution >= 4 is 22.6 Å². The van der Waals surface area contributed by atoms with Crippen LogP contribution >= 0.6 is 22.6 Å². The fraction of sp³-hybridized carbons (Fsp3) is 0.600. The van der Waals surface area contributed by atoms with Crippen LogP contribution in [0.15, 0.2) is 24.3 Å². The average molecular weight is 372 g/mol.